The van der Waals surface area contributed by atoms with Crippen LogP contribution in [0.2, 0.25) is 0 Å². The van der Waals surface area contributed by atoms with Crippen molar-refractivity contribution in [1.29, 1.82) is 0 Å². The summed E-state index contributed by atoms with van der Waals surface area (Å²) in [5.74, 6) is 0. The molecular weight excluding hydrogens is 312 g/mol. The van der Waals surface area contributed by atoms with E-state index in [1.165, 1.54) is 44.5 Å². The van der Waals surface area contributed by atoms with E-state index in [2.05, 4.69) is 111 Å². The molecule has 26 heavy (non-hydrogen) atoms. The van der Waals surface area contributed by atoms with Crippen LogP contribution >= 0.6 is 0 Å². The van der Waals surface area contributed by atoms with Gasteiger partial charge in [-0.1, -0.05) is 96.6 Å². The molecule has 0 aliphatic carbocycles. The van der Waals surface area contributed by atoms with Crippen molar-refractivity contribution in [3.05, 3.63) is 108 Å². The van der Waals surface area contributed by atoms with E-state index in [-0.39, 0.29) is 0 Å². The van der Waals surface area contributed by atoms with Gasteiger partial charge in [0.1, 0.15) is 0 Å². The molecule has 0 radical (unpaired) electrons. The summed E-state index contributed by atoms with van der Waals surface area (Å²) < 4.78 is 0. The van der Waals surface area contributed by atoms with Gasteiger partial charge in [0.15, 0.2) is 0 Å². The lowest BCUT2D eigenvalue weighted by molar-refractivity contribution is 1.45. The molecule has 0 aromatic heterocycles. The zero-order valence-corrected chi connectivity index (χ0v) is 15.2. The summed E-state index contributed by atoms with van der Waals surface area (Å²) in [5, 5.41) is 0. The van der Waals surface area contributed by atoms with Crippen molar-refractivity contribution >= 4 is 0 Å². The van der Waals surface area contributed by atoms with E-state index in [4.69, 9.17) is 0 Å². The fourth-order valence-electron chi connectivity index (χ4n) is 3.49. The van der Waals surface area contributed by atoms with Crippen molar-refractivity contribution in [1.82, 2.24) is 0 Å². The van der Waals surface area contributed by atoms with Crippen molar-refractivity contribution in [2.24, 2.45) is 0 Å². The average Bonchev–Trinajstić information content (AvgIpc) is 2.69. The monoisotopic (exact) mass is 334 g/mol. The standard InChI is InChI=1S/C26H22/c1-19-8-6-11-22(16-19)23-12-7-13-24(18-23)25-14-15-26(20(2)17-25)21-9-4-3-5-10-21/h3-18H,1-2H3. The normalized spacial score (nSPS) is 10.7. The summed E-state index contributed by atoms with van der Waals surface area (Å²) in [6.07, 6.45) is 0. The summed E-state index contributed by atoms with van der Waals surface area (Å²) >= 11 is 0. The van der Waals surface area contributed by atoms with E-state index in [9.17, 15) is 0 Å². The second-order valence-electron chi connectivity index (χ2n) is 6.85. The van der Waals surface area contributed by atoms with Gasteiger partial charge in [-0.25, -0.2) is 0 Å². The second-order valence-corrected chi connectivity index (χ2v) is 6.85. The molecule has 0 nitrogen and oxygen atoms in total. The zero-order valence-electron chi connectivity index (χ0n) is 15.2. The first kappa shape index (κ1) is 16.4. The van der Waals surface area contributed by atoms with Crippen molar-refractivity contribution < 1.29 is 0 Å². The Hall–Kier alpha value is -3.12. The lowest BCUT2D eigenvalue weighted by atomic mass is 9.94. The third kappa shape index (κ3) is 3.32. The number of hydrogen-bond acceptors (Lipinski definition) is 0. The number of benzene rings is 4. The summed E-state index contributed by atoms with van der Waals surface area (Å²) in [6, 6.07) is 34.8. The van der Waals surface area contributed by atoms with Crippen LogP contribution in [0.25, 0.3) is 33.4 Å². The van der Waals surface area contributed by atoms with E-state index in [0.717, 1.165) is 0 Å². The minimum absolute atomic E-state index is 1.26. The first-order chi connectivity index (χ1) is 12.7. The van der Waals surface area contributed by atoms with Crippen LogP contribution in [0.4, 0.5) is 0 Å². The molecule has 0 spiro atoms. The zero-order chi connectivity index (χ0) is 17.9. The quantitative estimate of drug-likeness (QED) is 0.368. The van der Waals surface area contributed by atoms with Crippen LogP contribution in [0.3, 0.4) is 0 Å². The van der Waals surface area contributed by atoms with Gasteiger partial charge in [-0.3, -0.25) is 0 Å². The second kappa shape index (κ2) is 7.01. The van der Waals surface area contributed by atoms with Gasteiger partial charge in [0.25, 0.3) is 0 Å². The van der Waals surface area contributed by atoms with Crippen LogP contribution in [-0.4, -0.2) is 0 Å². The van der Waals surface area contributed by atoms with E-state index in [1.54, 1.807) is 0 Å². The van der Waals surface area contributed by atoms with Crippen molar-refractivity contribution in [3.63, 3.8) is 0 Å². The fourth-order valence-corrected chi connectivity index (χ4v) is 3.49. The summed E-state index contributed by atoms with van der Waals surface area (Å²) in [5.41, 5.74) is 10.2. The molecule has 0 saturated heterocycles. The molecule has 4 aromatic carbocycles. The first-order valence-corrected chi connectivity index (χ1v) is 9.04. The Morgan fingerprint density at radius 3 is 1.65 bits per heavy atom. The maximum Gasteiger partial charge on any atom is -0.0154 e. The van der Waals surface area contributed by atoms with Crippen molar-refractivity contribution in [3.8, 4) is 33.4 Å². The van der Waals surface area contributed by atoms with Crippen LogP contribution < -0.4 is 0 Å². The molecule has 126 valence electrons. The van der Waals surface area contributed by atoms with Gasteiger partial charge in [0.05, 0.1) is 0 Å². The van der Waals surface area contributed by atoms with Crippen LogP contribution in [0, 0.1) is 13.8 Å². The van der Waals surface area contributed by atoms with Crippen molar-refractivity contribution in [2.75, 3.05) is 0 Å². The van der Waals surface area contributed by atoms with Crippen LogP contribution in [0.1, 0.15) is 11.1 Å². The summed E-state index contributed by atoms with van der Waals surface area (Å²) in [4.78, 5) is 0. The Kier molecular flexibility index (Phi) is 4.41. The Morgan fingerprint density at radius 2 is 1.00 bits per heavy atom. The van der Waals surface area contributed by atoms with Gasteiger partial charge in [-0.05, 0) is 58.9 Å². The molecule has 4 aromatic rings. The molecule has 0 heteroatoms. The van der Waals surface area contributed by atoms with E-state index in [1.807, 2.05) is 0 Å². The predicted molar refractivity (Wildman–Crippen MR) is 112 cm³/mol. The van der Waals surface area contributed by atoms with Gasteiger partial charge < -0.3 is 0 Å². The Morgan fingerprint density at radius 1 is 0.423 bits per heavy atom. The van der Waals surface area contributed by atoms with E-state index in [0.29, 0.717) is 0 Å². The van der Waals surface area contributed by atoms with E-state index < -0.39 is 0 Å². The largest absolute Gasteiger partial charge is 0.0622 e. The van der Waals surface area contributed by atoms with Crippen LogP contribution in [0.15, 0.2) is 97.1 Å². The number of rotatable bonds is 3. The van der Waals surface area contributed by atoms with Gasteiger partial charge in [-0.15, -0.1) is 0 Å². The third-order valence-corrected chi connectivity index (χ3v) is 4.86. The molecule has 0 saturated carbocycles. The van der Waals surface area contributed by atoms with Gasteiger partial charge in [-0.2, -0.15) is 0 Å². The lowest BCUT2D eigenvalue weighted by Gasteiger charge is -2.11. The molecule has 0 N–H and O–H groups in total. The maximum atomic E-state index is 2.29. The number of hydrogen-bond donors (Lipinski definition) is 0. The molecule has 0 heterocycles. The van der Waals surface area contributed by atoms with E-state index >= 15 is 0 Å². The SMILES string of the molecule is Cc1cccc(-c2cccc(-c3ccc(-c4ccccc4)c(C)c3)c2)c1. The molecule has 0 atom stereocenters. The maximum absolute atomic E-state index is 2.29. The minimum atomic E-state index is 1.26. The topological polar surface area (TPSA) is 0 Å². The molecule has 0 amide bonds. The molecule has 0 bridgehead atoms. The average molecular weight is 334 g/mol. The smallest absolute Gasteiger partial charge is 0.0154 e. The molecule has 0 aliphatic rings. The predicted octanol–water partition coefficient (Wildman–Crippen LogP) is 7.30. The minimum Gasteiger partial charge on any atom is -0.0622 e. The molecular formula is C26H22. The third-order valence-electron chi connectivity index (χ3n) is 4.86. The fraction of sp³-hybridized carbons (Fsp3) is 0.0769. The molecule has 0 fully saturated rings. The highest BCUT2D eigenvalue weighted by Gasteiger charge is 2.06. The van der Waals surface area contributed by atoms with Gasteiger partial charge in [0.2, 0.25) is 0 Å². The highest BCUT2D eigenvalue weighted by molar-refractivity contribution is 5.77. The molecule has 4 rings (SSSR count). The van der Waals surface area contributed by atoms with Gasteiger partial charge >= 0.3 is 0 Å². The first-order valence-electron chi connectivity index (χ1n) is 9.04. The molecule has 0 aliphatic heterocycles. The van der Waals surface area contributed by atoms with Gasteiger partial charge in [0, 0.05) is 0 Å². The highest BCUT2D eigenvalue weighted by Crippen LogP contribution is 2.31. The Labute approximate surface area is 155 Å². The van der Waals surface area contributed by atoms with Crippen LogP contribution in [-0.2, 0) is 0 Å². The lowest BCUT2D eigenvalue weighted by Crippen LogP contribution is -1.86. The molecule has 0 unspecified atom stereocenters. The summed E-state index contributed by atoms with van der Waals surface area (Å²) in [6.45, 7) is 4.33. The van der Waals surface area contributed by atoms with Crippen molar-refractivity contribution in [2.45, 2.75) is 13.8 Å². The summed E-state index contributed by atoms with van der Waals surface area (Å²) in [7, 11) is 0. The van der Waals surface area contributed by atoms with Crippen LogP contribution in [0.5, 0.6) is 0 Å². The Balaban J connectivity index is 1.72. The number of aryl methyl sites for hydroxylation is 2. The Bertz CT molecular complexity index is 1040. The highest BCUT2D eigenvalue weighted by atomic mass is 14.1.